The van der Waals surface area contributed by atoms with Crippen LogP contribution < -0.4 is 19.7 Å². The van der Waals surface area contributed by atoms with Gasteiger partial charge in [-0.2, -0.15) is 0 Å². The van der Waals surface area contributed by atoms with Crippen LogP contribution in [0.2, 0.25) is 0 Å². The van der Waals surface area contributed by atoms with Gasteiger partial charge in [-0.3, -0.25) is 14.7 Å². The monoisotopic (exact) mass is 412 g/mol. The quantitative estimate of drug-likeness (QED) is 0.606. The standard InChI is InChI=1S/C23H32N4O3/c1-29-21-9-8-19(17-22(21)30-2)23(28)25-11-4-3-5-12-26-13-15-27(16-14-26)20-7-6-10-24-18-20/h6-10,17-18H,3-5,11-16H2,1-2H3,(H,25,28). The van der Waals surface area contributed by atoms with Gasteiger partial charge in [0.2, 0.25) is 0 Å². The summed E-state index contributed by atoms with van der Waals surface area (Å²) in [5.41, 5.74) is 1.79. The topological polar surface area (TPSA) is 66.9 Å². The number of aromatic nitrogens is 1. The molecule has 0 atom stereocenters. The summed E-state index contributed by atoms with van der Waals surface area (Å²) in [6.45, 7) is 6.07. The van der Waals surface area contributed by atoms with Crippen LogP contribution >= 0.6 is 0 Å². The summed E-state index contributed by atoms with van der Waals surface area (Å²) in [4.78, 5) is 21.4. The molecule has 0 aliphatic carbocycles. The SMILES string of the molecule is COc1ccc(C(=O)NCCCCCN2CCN(c3cccnc3)CC2)cc1OC. The van der Waals surface area contributed by atoms with Crippen LogP contribution in [0.25, 0.3) is 0 Å². The predicted molar refractivity (Wildman–Crippen MR) is 119 cm³/mol. The van der Waals surface area contributed by atoms with Gasteiger partial charge in [-0.1, -0.05) is 6.42 Å². The Morgan fingerprint density at radius 2 is 1.83 bits per heavy atom. The molecule has 1 saturated heterocycles. The maximum atomic E-state index is 12.3. The highest BCUT2D eigenvalue weighted by Crippen LogP contribution is 2.27. The first-order valence-electron chi connectivity index (χ1n) is 10.6. The fourth-order valence-electron chi connectivity index (χ4n) is 3.69. The summed E-state index contributed by atoms with van der Waals surface area (Å²) in [6.07, 6.45) is 6.99. The Hall–Kier alpha value is -2.80. The van der Waals surface area contributed by atoms with Crippen molar-refractivity contribution in [1.29, 1.82) is 0 Å². The molecule has 3 rings (SSSR count). The van der Waals surface area contributed by atoms with Crippen molar-refractivity contribution >= 4 is 11.6 Å². The van der Waals surface area contributed by atoms with E-state index < -0.39 is 0 Å². The molecule has 0 bridgehead atoms. The van der Waals surface area contributed by atoms with E-state index in [1.807, 2.05) is 18.5 Å². The number of ether oxygens (including phenoxy) is 2. The number of benzene rings is 1. The number of carbonyl (C=O) groups excluding carboxylic acids is 1. The molecule has 0 radical (unpaired) electrons. The number of methoxy groups -OCH3 is 2. The van der Waals surface area contributed by atoms with Crippen molar-refractivity contribution in [1.82, 2.24) is 15.2 Å². The number of rotatable bonds is 10. The van der Waals surface area contributed by atoms with Crippen LogP contribution in [0.3, 0.4) is 0 Å². The highest BCUT2D eigenvalue weighted by Gasteiger charge is 2.16. The fraction of sp³-hybridized carbons (Fsp3) is 0.478. The average molecular weight is 413 g/mol. The second kappa shape index (κ2) is 11.4. The van der Waals surface area contributed by atoms with Crippen LogP contribution in [0.5, 0.6) is 11.5 Å². The summed E-state index contributed by atoms with van der Waals surface area (Å²) >= 11 is 0. The van der Waals surface area contributed by atoms with Gasteiger partial charge in [-0.25, -0.2) is 0 Å². The molecule has 0 saturated carbocycles. The minimum Gasteiger partial charge on any atom is -0.493 e. The molecule has 1 aliphatic rings. The number of amides is 1. The molecule has 1 fully saturated rings. The molecule has 7 heteroatoms. The average Bonchev–Trinajstić information content (AvgIpc) is 2.81. The third-order valence-electron chi connectivity index (χ3n) is 5.47. The van der Waals surface area contributed by atoms with Crippen LogP contribution in [0.1, 0.15) is 29.6 Å². The molecule has 1 aliphatic heterocycles. The molecule has 1 N–H and O–H groups in total. The third-order valence-corrected chi connectivity index (χ3v) is 5.47. The lowest BCUT2D eigenvalue weighted by atomic mass is 10.1. The van der Waals surface area contributed by atoms with E-state index in [9.17, 15) is 4.79 Å². The van der Waals surface area contributed by atoms with E-state index in [-0.39, 0.29) is 5.91 Å². The Morgan fingerprint density at radius 1 is 1.03 bits per heavy atom. The maximum absolute atomic E-state index is 12.3. The summed E-state index contributed by atoms with van der Waals surface area (Å²) < 4.78 is 10.5. The van der Waals surface area contributed by atoms with Crippen molar-refractivity contribution in [3.63, 3.8) is 0 Å². The van der Waals surface area contributed by atoms with Crippen LogP contribution in [0.4, 0.5) is 5.69 Å². The number of pyridine rings is 1. The van der Waals surface area contributed by atoms with Crippen molar-refractivity contribution in [2.24, 2.45) is 0 Å². The largest absolute Gasteiger partial charge is 0.493 e. The molecule has 2 aromatic rings. The van der Waals surface area contributed by atoms with E-state index in [0.29, 0.717) is 23.6 Å². The van der Waals surface area contributed by atoms with E-state index >= 15 is 0 Å². The van der Waals surface area contributed by atoms with Crippen LogP contribution in [-0.2, 0) is 0 Å². The number of unbranched alkanes of at least 4 members (excludes halogenated alkanes) is 2. The van der Waals surface area contributed by atoms with Crippen molar-refractivity contribution < 1.29 is 14.3 Å². The Kier molecular flexibility index (Phi) is 8.32. The van der Waals surface area contributed by atoms with E-state index in [4.69, 9.17) is 9.47 Å². The smallest absolute Gasteiger partial charge is 0.251 e. The van der Waals surface area contributed by atoms with Gasteiger partial charge in [0, 0.05) is 44.5 Å². The summed E-state index contributed by atoms with van der Waals surface area (Å²) in [6, 6.07) is 9.33. The predicted octanol–water partition coefficient (Wildman–Crippen LogP) is 2.82. The minimum absolute atomic E-state index is 0.0810. The van der Waals surface area contributed by atoms with Gasteiger partial charge < -0.3 is 19.7 Å². The Balaban J connectivity index is 1.28. The summed E-state index contributed by atoms with van der Waals surface area (Å²) in [7, 11) is 3.15. The number of piperazine rings is 1. The highest BCUT2D eigenvalue weighted by atomic mass is 16.5. The van der Waals surface area contributed by atoms with Crippen LogP contribution in [0.15, 0.2) is 42.7 Å². The van der Waals surface area contributed by atoms with Crippen LogP contribution in [-0.4, -0.2) is 69.3 Å². The zero-order valence-electron chi connectivity index (χ0n) is 18.0. The van der Waals surface area contributed by atoms with Gasteiger partial charge in [0.25, 0.3) is 5.91 Å². The summed E-state index contributed by atoms with van der Waals surface area (Å²) in [5, 5.41) is 2.99. The molecule has 30 heavy (non-hydrogen) atoms. The molecule has 0 unspecified atom stereocenters. The van der Waals surface area contributed by atoms with Gasteiger partial charge in [-0.15, -0.1) is 0 Å². The normalized spacial score (nSPS) is 14.4. The van der Waals surface area contributed by atoms with E-state index in [0.717, 1.165) is 52.0 Å². The first kappa shape index (κ1) is 21.9. The van der Waals surface area contributed by atoms with Crippen molar-refractivity contribution in [3.8, 4) is 11.5 Å². The third kappa shape index (κ3) is 6.10. The number of anilines is 1. The van der Waals surface area contributed by atoms with Gasteiger partial charge in [0.15, 0.2) is 11.5 Å². The molecular formula is C23H32N4O3. The Labute approximate surface area is 179 Å². The maximum Gasteiger partial charge on any atom is 0.251 e. The number of nitrogens with zero attached hydrogens (tertiary/aromatic N) is 3. The zero-order valence-corrected chi connectivity index (χ0v) is 18.0. The first-order valence-corrected chi connectivity index (χ1v) is 10.6. The molecular weight excluding hydrogens is 380 g/mol. The molecule has 7 nitrogen and oxygen atoms in total. The van der Waals surface area contributed by atoms with Crippen LogP contribution in [0, 0.1) is 0 Å². The lowest BCUT2D eigenvalue weighted by Gasteiger charge is -2.35. The number of hydrogen-bond donors (Lipinski definition) is 1. The first-order chi connectivity index (χ1) is 14.7. The molecule has 1 aromatic heterocycles. The second-order valence-corrected chi connectivity index (χ2v) is 7.43. The molecule has 1 aromatic carbocycles. The molecule has 0 spiro atoms. The highest BCUT2D eigenvalue weighted by molar-refractivity contribution is 5.94. The van der Waals surface area contributed by atoms with Gasteiger partial charge in [-0.05, 0) is 49.7 Å². The lowest BCUT2D eigenvalue weighted by molar-refractivity contribution is 0.0952. The van der Waals surface area contributed by atoms with Crippen molar-refractivity contribution in [3.05, 3.63) is 48.3 Å². The van der Waals surface area contributed by atoms with Crippen molar-refractivity contribution in [2.75, 3.05) is 58.4 Å². The Bertz CT molecular complexity index is 792. The molecule has 1 amide bonds. The van der Waals surface area contributed by atoms with Gasteiger partial charge in [0.1, 0.15) is 0 Å². The number of nitrogens with one attached hydrogen (secondary N) is 1. The van der Waals surface area contributed by atoms with Gasteiger partial charge >= 0.3 is 0 Å². The summed E-state index contributed by atoms with van der Waals surface area (Å²) in [5.74, 6) is 1.10. The Morgan fingerprint density at radius 3 is 2.53 bits per heavy atom. The van der Waals surface area contributed by atoms with E-state index in [2.05, 4.69) is 26.2 Å². The fourth-order valence-corrected chi connectivity index (χ4v) is 3.69. The minimum atomic E-state index is -0.0810. The number of carbonyl (C=O) groups is 1. The lowest BCUT2D eigenvalue weighted by Crippen LogP contribution is -2.46. The second-order valence-electron chi connectivity index (χ2n) is 7.43. The van der Waals surface area contributed by atoms with Gasteiger partial charge in [0.05, 0.1) is 26.1 Å². The van der Waals surface area contributed by atoms with E-state index in [1.165, 1.54) is 5.69 Å². The van der Waals surface area contributed by atoms with Crippen molar-refractivity contribution in [2.45, 2.75) is 19.3 Å². The number of hydrogen-bond acceptors (Lipinski definition) is 6. The molecule has 162 valence electrons. The molecule has 2 heterocycles. The van der Waals surface area contributed by atoms with E-state index in [1.54, 1.807) is 32.4 Å². The zero-order chi connectivity index (χ0) is 21.2.